The summed E-state index contributed by atoms with van der Waals surface area (Å²) >= 11 is 0. The van der Waals surface area contributed by atoms with Crippen molar-refractivity contribution in [1.82, 2.24) is 4.90 Å². The van der Waals surface area contributed by atoms with Crippen molar-refractivity contribution in [3.63, 3.8) is 0 Å². The molecule has 1 heterocycles. The predicted molar refractivity (Wildman–Crippen MR) is 127 cm³/mol. The van der Waals surface area contributed by atoms with Crippen LogP contribution in [0, 0.1) is 27.7 Å². The molecule has 2 aromatic carbocycles. The van der Waals surface area contributed by atoms with E-state index in [1.807, 2.05) is 32.0 Å². The second-order valence-electron chi connectivity index (χ2n) is 8.61. The minimum Gasteiger partial charge on any atom is -0.368 e. The lowest BCUT2D eigenvalue weighted by Crippen LogP contribution is -2.55. The Morgan fingerprint density at radius 3 is 2.10 bits per heavy atom. The van der Waals surface area contributed by atoms with E-state index in [0.29, 0.717) is 18.8 Å². The van der Waals surface area contributed by atoms with Crippen LogP contribution in [0.4, 0.5) is 11.4 Å². The van der Waals surface area contributed by atoms with Gasteiger partial charge in [-0.15, -0.1) is 0 Å². The maximum absolute atomic E-state index is 13.3. The molecule has 1 fully saturated rings. The van der Waals surface area contributed by atoms with Gasteiger partial charge in [-0.3, -0.25) is 9.10 Å². The number of nitrogens with zero attached hydrogens (tertiary/aromatic N) is 3. The van der Waals surface area contributed by atoms with Crippen LogP contribution >= 0.6 is 0 Å². The first-order valence-electron chi connectivity index (χ1n) is 10.7. The van der Waals surface area contributed by atoms with Crippen molar-refractivity contribution in [2.75, 3.05) is 41.6 Å². The second-order valence-corrected chi connectivity index (χ2v) is 10.5. The number of piperazine rings is 1. The van der Waals surface area contributed by atoms with Crippen molar-refractivity contribution >= 4 is 27.3 Å². The maximum Gasteiger partial charge on any atom is 0.246 e. The second kappa shape index (κ2) is 8.91. The van der Waals surface area contributed by atoms with Gasteiger partial charge in [0.15, 0.2) is 0 Å². The summed E-state index contributed by atoms with van der Waals surface area (Å²) in [6.45, 7) is 12.4. The first kappa shape index (κ1) is 23.1. The van der Waals surface area contributed by atoms with Crippen LogP contribution in [0.1, 0.15) is 29.2 Å². The van der Waals surface area contributed by atoms with Crippen molar-refractivity contribution in [1.29, 1.82) is 0 Å². The fourth-order valence-corrected chi connectivity index (χ4v) is 5.54. The van der Waals surface area contributed by atoms with E-state index in [1.165, 1.54) is 21.1 Å². The molecule has 0 aromatic heterocycles. The van der Waals surface area contributed by atoms with Crippen LogP contribution in [-0.2, 0) is 14.8 Å². The molecule has 0 unspecified atom stereocenters. The highest BCUT2D eigenvalue weighted by Crippen LogP contribution is 2.26. The molecule has 168 valence electrons. The topological polar surface area (TPSA) is 60.9 Å². The number of rotatable bonds is 5. The quantitative estimate of drug-likeness (QED) is 0.710. The highest BCUT2D eigenvalue weighted by atomic mass is 32.2. The van der Waals surface area contributed by atoms with Crippen molar-refractivity contribution < 1.29 is 13.2 Å². The zero-order valence-electron chi connectivity index (χ0n) is 19.3. The summed E-state index contributed by atoms with van der Waals surface area (Å²) in [4.78, 5) is 17.4. The van der Waals surface area contributed by atoms with Gasteiger partial charge in [-0.25, -0.2) is 8.42 Å². The van der Waals surface area contributed by atoms with Crippen molar-refractivity contribution in [3.05, 3.63) is 58.7 Å². The number of sulfonamides is 1. The third-order valence-corrected chi connectivity index (χ3v) is 7.28. The molecule has 6 nitrogen and oxygen atoms in total. The van der Waals surface area contributed by atoms with E-state index < -0.39 is 16.1 Å². The van der Waals surface area contributed by atoms with Crippen LogP contribution in [-0.4, -0.2) is 57.7 Å². The molecule has 2 aromatic rings. The molecular formula is C24H33N3O3S. The van der Waals surface area contributed by atoms with Crippen molar-refractivity contribution in [2.45, 2.75) is 40.7 Å². The lowest BCUT2D eigenvalue weighted by Gasteiger charge is -2.39. The fraction of sp³-hybridized carbons (Fsp3) is 0.458. The van der Waals surface area contributed by atoms with Crippen LogP contribution < -0.4 is 9.21 Å². The van der Waals surface area contributed by atoms with Gasteiger partial charge < -0.3 is 9.80 Å². The third kappa shape index (κ3) is 5.03. The van der Waals surface area contributed by atoms with Crippen LogP contribution in [0.2, 0.25) is 0 Å². The summed E-state index contributed by atoms with van der Waals surface area (Å²) in [7, 11) is -3.62. The van der Waals surface area contributed by atoms with E-state index in [9.17, 15) is 13.2 Å². The average molecular weight is 444 g/mol. The van der Waals surface area contributed by atoms with Gasteiger partial charge in [-0.2, -0.15) is 0 Å². The minimum atomic E-state index is -3.62. The summed E-state index contributed by atoms with van der Waals surface area (Å²) in [6.07, 6.45) is 1.16. The molecule has 1 atom stereocenters. The number of anilines is 2. The van der Waals surface area contributed by atoms with Gasteiger partial charge in [0.2, 0.25) is 15.9 Å². The summed E-state index contributed by atoms with van der Waals surface area (Å²) in [5, 5.41) is 0. The highest BCUT2D eigenvalue weighted by molar-refractivity contribution is 7.92. The minimum absolute atomic E-state index is 0.162. The van der Waals surface area contributed by atoms with Crippen LogP contribution in [0.5, 0.6) is 0 Å². The number of amides is 1. The number of hydrogen-bond acceptors (Lipinski definition) is 4. The van der Waals surface area contributed by atoms with Gasteiger partial charge in [0, 0.05) is 31.9 Å². The molecule has 1 aliphatic heterocycles. The monoisotopic (exact) mass is 443 g/mol. The Labute approximate surface area is 186 Å². The third-order valence-electron chi connectivity index (χ3n) is 6.04. The number of aryl methyl sites for hydroxylation is 3. The van der Waals surface area contributed by atoms with Crippen molar-refractivity contribution in [3.8, 4) is 0 Å². The Morgan fingerprint density at radius 2 is 1.55 bits per heavy atom. The normalized spacial score (nSPS) is 15.7. The fourth-order valence-electron chi connectivity index (χ4n) is 4.39. The molecule has 1 aliphatic rings. The molecule has 3 rings (SSSR count). The molecule has 7 heteroatoms. The molecule has 1 saturated heterocycles. The van der Waals surface area contributed by atoms with Crippen LogP contribution in [0.25, 0.3) is 0 Å². The summed E-state index contributed by atoms with van der Waals surface area (Å²) in [6, 6.07) is 11.1. The highest BCUT2D eigenvalue weighted by Gasteiger charge is 2.33. The van der Waals surface area contributed by atoms with E-state index >= 15 is 0 Å². The molecule has 0 saturated carbocycles. The van der Waals surface area contributed by atoms with E-state index in [0.717, 1.165) is 30.5 Å². The average Bonchev–Trinajstić information content (AvgIpc) is 2.68. The molecule has 0 radical (unpaired) electrons. The molecular weight excluding hydrogens is 410 g/mol. The maximum atomic E-state index is 13.3. The molecule has 0 bridgehead atoms. The molecule has 0 spiro atoms. The Hall–Kier alpha value is -2.54. The first-order valence-corrected chi connectivity index (χ1v) is 12.5. The van der Waals surface area contributed by atoms with Gasteiger partial charge in [0.25, 0.3) is 0 Å². The molecule has 1 amide bonds. The summed E-state index contributed by atoms with van der Waals surface area (Å²) in [5.41, 5.74) is 6.18. The predicted octanol–water partition coefficient (Wildman–Crippen LogP) is 3.42. The van der Waals surface area contributed by atoms with Crippen molar-refractivity contribution in [2.24, 2.45) is 0 Å². The number of benzene rings is 2. The number of carbonyl (C=O) groups excluding carboxylic acids is 1. The number of hydrogen-bond donors (Lipinski definition) is 0. The van der Waals surface area contributed by atoms with Gasteiger partial charge in [0.05, 0.1) is 11.9 Å². The van der Waals surface area contributed by atoms with Crippen LogP contribution in [0.15, 0.2) is 36.4 Å². The zero-order valence-corrected chi connectivity index (χ0v) is 20.2. The Bertz CT molecular complexity index is 1050. The SMILES string of the molecule is Cc1cc(C)cc(N([C@@H](C)C(=O)N2CCN(c3cccc(C)c3C)CC2)S(C)(=O)=O)c1. The van der Waals surface area contributed by atoms with E-state index in [2.05, 4.69) is 36.9 Å². The summed E-state index contributed by atoms with van der Waals surface area (Å²) < 4.78 is 26.5. The largest absolute Gasteiger partial charge is 0.368 e. The number of carbonyl (C=O) groups is 1. The summed E-state index contributed by atoms with van der Waals surface area (Å²) in [5.74, 6) is -0.162. The Kier molecular flexibility index (Phi) is 6.65. The van der Waals surface area contributed by atoms with E-state index in [1.54, 1.807) is 11.8 Å². The van der Waals surface area contributed by atoms with Gasteiger partial charge >= 0.3 is 0 Å². The lowest BCUT2D eigenvalue weighted by atomic mass is 10.1. The standard InChI is InChI=1S/C24H33N3O3S/c1-17-14-18(2)16-22(15-17)27(31(6,29)30)21(5)24(28)26-12-10-25(11-13-26)23-9-7-8-19(3)20(23)4/h7-9,14-16,21H,10-13H2,1-6H3/t21-/m0/s1. The van der Waals surface area contributed by atoms with Gasteiger partial charge in [0.1, 0.15) is 6.04 Å². The molecule has 0 aliphatic carbocycles. The molecule has 31 heavy (non-hydrogen) atoms. The van der Waals surface area contributed by atoms with E-state index in [4.69, 9.17) is 0 Å². The zero-order chi connectivity index (χ0) is 22.9. The smallest absolute Gasteiger partial charge is 0.246 e. The van der Waals surface area contributed by atoms with E-state index in [-0.39, 0.29) is 5.91 Å². The Morgan fingerprint density at radius 1 is 0.968 bits per heavy atom. The lowest BCUT2D eigenvalue weighted by molar-refractivity contribution is -0.132. The van der Waals surface area contributed by atoms with Crippen LogP contribution in [0.3, 0.4) is 0 Å². The first-order chi connectivity index (χ1) is 14.5. The molecule has 0 N–H and O–H groups in total. The van der Waals surface area contributed by atoms with Gasteiger partial charge in [-0.1, -0.05) is 18.2 Å². The Balaban J connectivity index is 1.78. The van der Waals surface area contributed by atoms with Gasteiger partial charge in [-0.05, 0) is 75.1 Å².